The Morgan fingerprint density at radius 1 is 0.966 bits per heavy atom. The Labute approximate surface area is 174 Å². The summed E-state index contributed by atoms with van der Waals surface area (Å²) in [5.74, 6) is 0.795. The number of amides is 2. The van der Waals surface area contributed by atoms with Gasteiger partial charge in [0.25, 0.3) is 11.8 Å². The zero-order valence-corrected chi connectivity index (χ0v) is 16.8. The van der Waals surface area contributed by atoms with Crippen molar-refractivity contribution in [2.45, 2.75) is 25.8 Å². The molecule has 0 aliphatic carbocycles. The third kappa shape index (κ3) is 4.48. The molecular formula is C22H23ClN2O4. The van der Waals surface area contributed by atoms with Gasteiger partial charge in [0.15, 0.2) is 11.5 Å². The Bertz CT molecular complexity index is 908. The first-order chi connectivity index (χ1) is 14.1. The van der Waals surface area contributed by atoms with Gasteiger partial charge in [-0.1, -0.05) is 23.7 Å². The van der Waals surface area contributed by atoms with Gasteiger partial charge in [0.05, 0.1) is 18.2 Å². The number of ether oxygens (including phenoxy) is 2. The molecule has 1 N–H and O–H groups in total. The first kappa shape index (κ1) is 19.6. The van der Waals surface area contributed by atoms with Crippen LogP contribution in [0.15, 0.2) is 36.4 Å². The number of nitrogens with one attached hydrogen (secondary N) is 1. The number of halogens is 1. The number of carbonyl (C=O) groups excluding carboxylic acids is 2. The van der Waals surface area contributed by atoms with Crippen LogP contribution in [0.5, 0.6) is 11.5 Å². The molecule has 2 amide bonds. The zero-order chi connectivity index (χ0) is 20.2. The average molecular weight is 415 g/mol. The minimum atomic E-state index is -0.250. The van der Waals surface area contributed by atoms with Crippen LogP contribution in [0.2, 0.25) is 5.02 Å². The van der Waals surface area contributed by atoms with E-state index in [-0.39, 0.29) is 11.8 Å². The molecule has 4 rings (SSSR count). The van der Waals surface area contributed by atoms with Gasteiger partial charge >= 0.3 is 0 Å². The monoisotopic (exact) mass is 414 g/mol. The quantitative estimate of drug-likeness (QED) is 0.828. The summed E-state index contributed by atoms with van der Waals surface area (Å²) >= 11 is 6.26. The van der Waals surface area contributed by atoms with E-state index in [1.807, 2.05) is 29.2 Å². The highest BCUT2D eigenvalue weighted by Gasteiger charge is 2.20. The van der Waals surface area contributed by atoms with Crippen LogP contribution in [-0.2, 0) is 6.54 Å². The van der Waals surface area contributed by atoms with Crippen LogP contribution < -0.4 is 14.8 Å². The van der Waals surface area contributed by atoms with E-state index >= 15 is 0 Å². The van der Waals surface area contributed by atoms with Crippen molar-refractivity contribution < 1.29 is 19.1 Å². The lowest BCUT2D eigenvalue weighted by molar-refractivity contribution is 0.0792. The van der Waals surface area contributed by atoms with Crippen molar-refractivity contribution in [3.63, 3.8) is 0 Å². The van der Waals surface area contributed by atoms with Crippen molar-refractivity contribution in [2.24, 2.45) is 0 Å². The van der Waals surface area contributed by atoms with Gasteiger partial charge in [-0.3, -0.25) is 9.59 Å². The molecule has 0 aromatic heterocycles. The fourth-order valence-electron chi connectivity index (χ4n) is 3.51. The Hall–Kier alpha value is -2.73. The maximum absolute atomic E-state index is 12.6. The van der Waals surface area contributed by atoms with E-state index in [4.69, 9.17) is 21.1 Å². The van der Waals surface area contributed by atoms with Crippen LogP contribution in [0.3, 0.4) is 0 Å². The molecule has 6 nitrogen and oxygen atoms in total. The predicted octanol–water partition coefficient (Wildman–Crippen LogP) is 3.67. The number of hydrogen-bond donors (Lipinski definition) is 1. The molecule has 0 radical (unpaired) electrons. The molecule has 0 spiro atoms. The van der Waals surface area contributed by atoms with Gasteiger partial charge in [0.1, 0.15) is 0 Å². The molecule has 2 aliphatic rings. The summed E-state index contributed by atoms with van der Waals surface area (Å²) in [6.45, 7) is 3.07. The number of fused-ring (bicyclic) bond motifs is 1. The van der Waals surface area contributed by atoms with Crippen LogP contribution in [0.25, 0.3) is 0 Å². The molecule has 0 unspecified atom stereocenters. The number of carbonyl (C=O) groups is 2. The molecule has 0 bridgehead atoms. The summed E-state index contributed by atoms with van der Waals surface area (Å²) in [6, 6.07) is 10.6. The molecule has 152 valence electrons. The Balaban J connectivity index is 1.39. The summed E-state index contributed by atoms with van der Waals surface area (Å²) in [4.78, 5) is 26.8. The highest BCUT2D eigenvalue weighted by Crippen LogP contribution is 2.38. The normalized spacial score (nSPS) is 15.7. The number of hydrogen-bond acceptors (Lipinski definition) is 4. The molecule has 7 heteroatoms. The third-order valence-electron chi connectivity index (χ3n) is 5.11. The topological polar surface area (TPSA) is 67.9 Å². The molecule has 2 aromatic carbocycles. The van der Waals surface area contributed by atoms with Crippen molar-refractivity contribution in [2.75, 3.05) is 26.3 Å². The van der Waals surface area contributed by atoms with Gasteiger partial charge in [-0.25, -0.2) is 0 Å². The fourth-order valence-corrected chi connectivity index (χ4v) is 3.78. The first-order valence-electron chi connectivity index (χ1n) is 9.87. The molecule has 1 fully saturated rings. The maximum Gasteiger partial charge on any atom is 0.253 e. The van der Waals surface area contributed by atoms with Gasteiger partial charge in [0.2, 0.25) is 0 Å². The standard InChI is InChI=1S/C22H23ClN2O4/c23-18-12-17(13-19-20(18)29-11-3-10-28-19)21(26)24-14-15-4-6-16(7-5-15)22(27)25-8-1-2-9-25/h4-7,12-13H,1-3,8-11,14H2,(H,24,26). The van der Waals surface area contributed by atoms with Gasteiger partial charge in [-0.05, 0) is 42.7 Å². The summed E-state index contributed by atoms with van der Waals surface area (Å²) in [6.07, 6.45) is 2.91. The lowest BCUT2D eigenvalue weighted by atomic mass is 10.1. The van der Waals surface area contributed by atoms with Crippen LogP contribution in [0, 0.1) is 0 Å². The zero-order valence-electron chi connectivity index (χ0n) is 16.1. The Morgan fingerprint density at radius 2 is 1.69 bits per heavy atom. The highest BCUT2D eigenvalue weighted by molar-refractivity contribution is 6.32. The lowest BCUT2D eigenvalue weighted by Gasteiger charge is -2.15. The van der Waals surface area contributed by atoms with E-state index in [0.717, 1.165) is 37.9 Å². The van der Waals surface area contributed by atoms with E-state index in [2.05, 4.69) is 5.32 Å². The van der Waals surface area contributed by atoms with Crippen molar-refractivity contribution >= 4 is 23.4 Å². The highest BCUT2D eigenvalue weighted by atomic mass is 35.5. The first-order valence-corrected chi connectivity index (χ1v) is 10.3. The Kier molecular flexibility index (Phi) is 5.90. The third-order valence-corrected chi connectivity index (χ3v) is 5.39. The van der Waals surface area contributed by atoms with E-state index in [1.165, 1.54) is 0 Å². The minimum absolute atomic E-state index is 0.0694. The Morgan fingerprint density at radius 3 is 2.45 bits per heavy atom. The molecular weight excluding hydrogens is 392 g/mol. The van der Waals surface area contributed by atoms with Crippen molar-refractivity contribution in [3.05, 3.63) is 58.1 Å². The molecule has 2 heterocycles. The average Bonchev–Trinajstić information content (AvgIpc) is 3.17. The molecule has 0 atom stereocenters. The number of benzene rings is 2. The summed E-state index contributed by atoms with van der Waals surface area (Å²) in [5.41, 5.74) is 2.01. The van der Waals surface area contributed by atoms with Crippen molar-refractivity contribution in [1.29, 1.82) is 0 Å². The summed E-state index contributed by atoms with van der Waals surface area (Å²) in [5, 5.41) is 3.24. The number of nitrogens with zero attached hydrogens (tertiary/aromatic N) is 1. The molecule has 2 aromatic rings. The lowest BCUT2D eigenvalue weighted by Crippen LogP contribution is -2.27. The van der Waals surface area contributed by atoms with E-state index in [1.54, 1.807) is 12.1 Å². The molecule has 1 saturated heterocycles. The predicted molar refractivity (Wildman–Crippen MR) is 110 cm³/mol. The molecule has 29 heavy (non-hydrogen) atoms. The fraction of sp³-hybridized carbons (Fsp3) is 0.364. The van der Waals surface area contributed by atoms with Gasteiger partial charge in [-0.2, -0.15) is 0 Å². The van der Waals surface area contributed by atoms with Crippen molar-refractivity contribution in [3.8, 4) is 11.5 Å². The smallest absolute Gasteiger partial charge is 0.253 e. The van der Waals surface area contributed by atoms with Crippen molar-refractivity contribution in [1.82, 2.24) is 10.2 Å². The maximum atomic E-state index is 12.6. The van der Waals surface area contributed by atoms with Crippen LogP contribution in [0.4, 0.5) is 0 Å². The van der Waals surface area contributed by atoms with Gasteiger partial charge in [-0.15, -0.1) is 0 Å². The number of rotatable bonds is 4. The minimum Gasteiger partial charge on any atom is -0.489 e. The molecule has 0 saturated carbocycles. The van der Waals surface area contributed by atoms with E-state index in [9.17, 15) is 9.59 Å². The second-order valence-corrected chi connectivity index (χ2v) is 7.62. The molecule has 2 aliphatic heterocycles. The number of likely N-dealkylation sites (tertiary alicyclic amines) is 1. The van der Waals surface area contributed by atoms with Gasteiger partial charge in [0, 0.05) is 37.2 Å². The largest absolute Gasteiger partial charge is 0.489 e. The SMILES string of the molecule is O=C(NCc1ccc(C(=O)N2CCCC2)cc1)c1cc(Cl)c2c(c1)OCCCO2. The van der Waals surface area contributed by atoms with Crippen LogP contribution >= 0.6 is 11.6 Å². The van der Waals surface area contributed by atoms with E-state index < -0.39 is 0 Å². The van der Waals surface area contributed by atoms with E-state index in [0.29, 0.717) is 47.4 Å². The van der Waals surface area contributed by atoms with Gasteiger partial charge < -0.3 is 19.7 Å². The van der Waals surface area contributed by atoms with Crippen LogP contribution in [0.1, 0.15) is 45.5 Å². The second kappa shape index (κ2) is 8.74. The summed E-state index contributed by atoms with van der Waals surface area (Å²) < 4.78 is 11.2. The second-order valence-electron chi connectivity index (χ2n) is 7.21. The summed E-state index contributed by atoms with van der Waals surface area (Å²) in [7, 11) is 0. The van der Waals surface area contributed by atoms with Crippen LogP contribution in [-0.4, -0.2) is 43.0 Å².